The third kappa shape index (κ3) is 1.53. The highest BCUT2D eigenvalue weighted by Crippen LogP contribution is 2.38. The van der Waals surface area contributed by atoms with Crippen LogP contribution >= 0.6 is 0 Å². The maximum atomic E-state index is 2.70. The summed E-state index contributed by atoms with van der Waals surface area (Å²) in [6.07, 6.45) is 6.83. The van der Waals surface area contributed by atoms with Gasteiger partial charge in [0.1, 0.15) is 0 Å². The Kier molecular flexibility index (Phi) is 2.42. The molecule has 1 nitrogen and oxygen atoms in total. The second kappa shape index (κ2) is 3.80. The van der Waals surface area contributed by atoms with Crippen LogP contribution in [-0.2, 0) is 6.42 Å². The number of piperidine rings is 1. The van der Waals surface area contributed by atoms with E-state index in [1.54, 1.807) is 5.56 Å². The van der Waals surface area contributed by atoms with Crippen molar-refractivity contribution in [2.24, 2.45) is 0 Å². The lowest BCUT2D eigenvalue weighted by atomic mass is 9.86. The Morgan fingerprint density at radius 3 is 2.94 bits per heavy atom. The van der Waals surface area contributed by atoms with Gasteiger partial charge in [0.05, 0.1) is 0 Å². The predicted molar refractivity (Wildman–Crippen MR) is 69.1 cm³/mol. The van der Waals surface area contributed by atoms with Crippen molar-refractivity contribution in [2.45, 2.75) is 58.0 Å². The van der Waals surface area contributed by atoms with Crippen LogP contribution in [0.5, 0.6) is 0 Å². The van der Waals surface area contributed by atoms with Crippen molar-refractivity contribution in [3.8, 4) is 0 Å². The van der Waals surface area contributed by atoms with Crippen molar-refractivity contribution >= 4 is 5.69 Å². The number of hydrogen-bond donors (Lipinski definition) is 0. The van der Waals surface area contributed by atoms with E-state index in [4.69, 9.17) is 0 Å². The van der Waals surface area contributed by atoms with E-state index in [-0.39, 0.29) is 0 Å². The van der Waals surface area contributed by atoms with E-state index in [0.717, 1.165) is 12.1 Å². The first-order valence-electron chi connectivity index (χ1n) is 6.63. The minimum atomic E-state index is 0.737. The lowest BCUT2D eigenvalue weighted by Crippen LogP contribution is -2.48. The summed E-state index contributed by atoms with van der Waals surface area (Å²) in [5.74, 6) is 0. The van der Waals surface area contributed by atoms with Gasteiger partial charge in [-0.2, -0.15) is 0 Å². The summed E-state index contributed by atoms with van der Waals surface area (Å²) in [5.41, 5.74) is 4.50. The third-order valence-electron chi connectivity index (χ3n) is 4.29. The van der Waals surface area contributed by atoms with E-state index >= 15 is 0 Å². The zero-order chi connectivity index (χ0) is 11.1. The Bertz CT molecular complexity index is 396. The Hall–Kier alpha value is -0.980. The quantitative estimate of drug-likeness (QED) is 0.638. The highest BCUT2D eigenvalue weighted by molar-refractivity contribution is 5.58. The van der Waals surface area contributed by atoms with E-state index in [1.807, 2.05) is 0 Å². The van der Waals surface area contributed by atoms with Crippen LogP contribution in [0.25, 0.3) is 0 Å². The standard InChI is InChI=1S/C15H21N/c1-11-6-9-15-13(10-11)7-8-14-5-3-4-12(2)16(14)15/h6,9-10,12,14H,3-5,7-8H2,1-2H3/t12-,14-/m1/s1. The number of benzene rings is 1. The van der Waals surface area contributed by atoms with Gasteiger partial charge in [-0.05, 0) is 57.6 Å². The molecule has 3 rings (SSSR count). The molecule has 1 aromatic rings. The minimum absolute atomic E-state index is 0.737. The monoisotopic (exact) mass is 215 g/mol. The molecule has 1 saturated heterocycles. The fraction of sp³-hybridized carbons (Fsp3) is 0.600. The van der Waals surface area contributed by atoms with Gasteiger partial charge in [-0.25, -0.2) is 0 Å². The largest absolute Gasteiger partial charge is 0.366 e. The van der Waals surface area contributed by atoms with Crippen LogP contribution in [0.2, 0.25) is 0 Å². The molecule has 0 saturated carbocycles. The van der Waals surface area contributed by atoms with Gasteiger partial charge >= 0.3 is 0 Å². The molecule has 2 aliphatic rings. The van der Waals surface area contributed by atoms with Crippen molar-refractivity contribution in [1.82, 2.24) is 0 Å². The number of hydrogen-bond acceptors (Lipinski definition) is 1. The van der Waals surface area contributed by atoms with Crippen LogP contribution in [-0.4, -0.2) is 12.1 Å². The van der Waals surface area contributed by atoms with Crippen molar-refractivity contribution in [1.29, 1.82) is 0 Å². The first kappa shape index (κ1) is 10.2. The van der Waals surface area contributed by atoms with Crippen LogP contribution in [0.3, 0.4) is 0 Å². The number of nitrogens with zero attached hydrogens (tertiary/aromatic N) is 1. The molecule has 2 aliphatic heterocycles. The van der Waals surface area contributed by atoms with Crippen LogP contribution in [0, 0.1) is 6.92 Å². The SMILES string of the molecule is Cc1ccc2c(c1)CC[C@H]1CCC[C@@H](C)N21. The Labute approximate surface area is 98.5 Å². The summed E-state index contributed by atoms with van der Waals surface area (Å²) in [4.78, 5) is 2.70. The number of aryl methyl sites for hydroxylation is 2. The van der Waals surface area contributed by atoms with E-state index in [2.05, 4.69) is 36.9 Å². The Morgan fingerprint density at radius 2 is 2.06 bits per heavy atom. The van der Waals surface area contributed by atoms with E-state index in [0.29, 0.717) is 0 Å². The van der Waals surface area contributed by atoms with E-state index in [1.165, 1.54) is 43.4 Å². The molecule has 86 valence electrons. The van der Waals surface area contributed by atoms with E-state index < -0.39 is 0 Å². The molecule has 16 heavy (non-hydrogen) atoms. The normalized spacial score (nSPS) is 28.5. The van der Waals surface area contributed by atoms with Gasteiger partial charge in [0.15, 0.2) is 0 Å². The van der Waals surface area contributed by atoms with Gasteiger partial charge in [0.2, 0.25) is 0 Å². The first-order chi connectivity index (χ1) is 7.75. The van der Waals surface area contributed by atoms with Gasteiger partial charge in [0.25, 0.3) is 0 Å². The average molecular weight is 215 g/mol. The van der Waals surface area contributed by atoms with Crippen molar-refractivity contribution in [3.63, 3.8) is 0 Å². The lowest BCUT2D eigenvalue weighted by Gasteiger charge is -2.46. The molecule has 0 aromatic heterocycles. The Morgan fingerprint density at radius 1 is 1.19 bits per heavy atom. The number of anilines is 1. The molecule has 0 radical (unpaired) electrons. The molecule has 0 unspecified atom stereocenters. The maximum absolute atomic E-state index is 2.70. The summed E-state index contributed by atoms with van der Waals surface area (Å²) in [6, 6.07) is 8.55. The topological polar surface area (TPSA) is 3.24 Å². The van der Waals surface area contributed by atoms with Gasteiger partial charge in [-0.3, -0.25) is 0 Å². The van der Waals surface area contributed by atoms with Gasteiger partial charge in [-0.1, -0.05) is 17.7 Å². The van der Waals surface area contributed by atoms with Crippen LogP contribution in [0.1, 0.15) is 43.7 Å². The summed E-state index contributed by atoms with van der Waals surface area (Å²) < 4.78 is 0. The molecule has 0 amide bonds. The number of rotatable bonds is 0. The highest BCUT2D eigenvalue weighted by Gasteiger charge is 2.32. The minimum Gasteiger partial charge on any atom is -0.366 e. The van der Waals surface area contributed by atoms with Crippen LogP contribution < -0.4 is 4.90 Å². The molecule has 2 heterocycles. The van der Waals surface area contributed by atoms with Crippen molar-refractivity contribution < 1.29 is 0 Å². The molecule has 0 spiro atoms. The molecule has 1 heteroatoms. The second-order valence-corrected chi connectivity index (χ2v) is 5.51. The molecular weight excluding hydrogens is 194 g/mol. The summed E-state index contributed by atoms with van der Waals surface area (Å²) in [7, 11) is 0. The van der Waals surface area contributed by atoms with E-state index in [9.17, 15) is 0 Å². The molecule has 1 aromatic carbocycles. The fourth-order valence-electron chi connectivity index (χ4n) is 3.49. The van der Waals surface area contributed by atoms with Gasteiger partial charge in [0, 0.05) is 17.8 Å². The maximum Gasteiger partial charge on any atom is 0.0403 e. The van der Waals surface area contributed by atoms with Gasteiger partial charge in [-0.15, -0.1) is 0 Å². The third-order valence-corrected chi connectivity index (χ3v) is 4.29. The predicted octanol–water partition coefficient (Wildman–Crippen LogP) is 3.69. The zero-order valence-corrected chi connectivity index (χ0v) is 10.4. The summed E-state index contributed by atoms with van der Waals surface area (Å²) >= 11 is 0. The smallest absolute Gasteiger partial charge is 0.0403 e. The highest BCUT2D eigenvalue weighted by atomic mass is 15.2. The zero-order valence-electron chi connectivity index (χ0n) is 10.4. The second-order valence-electron chi connectivity index (χ2n) is 5.51. The van der Waals surface area contributed by atoms with Crippen LogP contribution in [0.15, 0.2) is 18.2 Å². The molecular formula is C15H21N. The van der Waals surface area contributed by atoms with Gasteiger partial charge < -0.3 is 4.90 Å². The van der Waals surface area contributed by atoms with Crippen molar-refractivity contribution in [3.05, 3.63) is 29.3 Å². The molecule has 0 bridgehead atoms. The first-order valence-corrected chi connectivity index (χ1v) is 6.63. The number of fused-ring (bicyclic) bond motifs is 3. The lowest BCUT2D eigenvalue weighted by molar-refractivity contribution is 0.369. The Balaban J connectivity index is 2.02. The summed E-state index contributed by atoms with van der Waals surface area (Å²) in [5, 5.41) is 0. The molecule has 0 N–H and O–H groups in total. The molecule has 0 aliphatic carbocycles. The van der Waals surface area contributed by atoms with Crippen molar-refractivity contribution in [2.75, 3.05) is 4.90 Å². The van der Waals surface area contributed by atoms with Crippen LogP contribution in [0.4, 0.5) is 5.69 Å². The average Bonchev–Trinajstić information content (AvgIpc) is 2.29. The fourth-order valence-corrected chi connectivity index (χ4v) is 3.49. The molecule has 1 fully saturated rings. The molecule has 2 atom stereocenters. The summed E-state index contributed by atoms with van der Waals surface area (Å²) in [6.45, 7) is 4.59.